The molecule has 0 bridgehead atoms. The van der Waals surface area contributed by atoms with Crippen LogP contribution in [0.2, 0.25) is 0 Å². The molecule has 0 aliphatic heterocycles. The Morgan fingerprint density at radius 3 is 3.00 bits per heavy atom. The van der Waals surface area contributed by atoms with E-state index in [1.165, 1.54) is 7.11 Å². The second-order valence-corrected chi connectivity index (χ2v) is 3.15. The Labute approximate surface area is 84.1 Å². The van der Waals surface area contributed by atoms with Crippen molar-refractivity contribution in [2.45, 2.75) is 19.3 Å². The number of aryl methyl sites for hydroxylation is 1. The fraction of sp³-hybridized carbons (Fsp3) is 0.455. The van der Waals surface area contributed by atoms with Crippen molar-refractivity contribution in [3.8, 4) is 0 Å². The van der Waals surface area contributed by atoms with Gasteiger partial charge in [-0.05, 0) is 25.0 Å². The van der Waals surface area contributed by atoms with E-state index in [1.54, 1.807) is 6.20 Å². The van der Waals surface area contributed by atoms with Crippen LogP contribution >= 0.6 is 0 Å². The normalized spacial score (nSPS) is 10.1. The Morgan fingerprint density at radius 1 is 1.50 bits per heavy atom. The lowest BCUT2D eigenvalue weighted by molar-refractivity contribution is -0.122. The highest BCUT2D eigenvalue weighted by molar-refractivity contribution is 5.79. The minimum Gasteiger partial charge on any atom is -0.377 e. The fourth-order valence-corrected chi connectivity index (χ4v) is 1.25. The molecule has 0 spiro atoms. The number of hydrogen-bond donors (Lipinski definition) is 0. The first-order valence-electron chi connectivity index (χ1n) is 4.73. The number of hydrogen-bond acceptors (Lipinski definition) is 3. The van der Waals surface area contributed by atoms with Crippen molar-refractivity contribution in [1.82, 2.24) is 4.98 Å². The van der Waals surface area contributed by atoms with Crippen LogP contribution in [0.3, 0.4) is 0 Å². The van der Waals surface area contributed by atoms with Crippen LogP contribution in [0.1, 0.15) is 18.5 Å². The van der Waals surface area contributed by atoms with Crippen LogP contribution in [-0.4, -0.2) is 24.5 Å². The molecule has 0 amide bonds. The summed E-state index contributed by atoms with van der Waals surface area (Å²) in [6.07, 6.45) is 4.05. The maximum absolute atomic E-state index is 11.1. The molecule has 0 aromatic carbocycles. The van der Waals surface area contributed by atoms with Gasteiger partial charge in [-0.3, -0.25) is 9.78 Å². The third-order valence-electron chi connectivity index (χ3n) is 1.92. The summed E-state index contributed by atoms with van der Waals surface area (Å²) in [5.41, 5.74) is 1.04. The minimum absolute atomic E-state index is 0.156. The number of ketones is 1. The first kappa shape index (κ1) is 10.9. The number of rotatable bonds is 6. The van der Waals surface area contributed by atoms with Crippen LogP contribution in [0.4, 0.5) is 0 Å². The van der Waals surface area contributed by atoms with E-state index in [0.717, 1.165) is 18.5 Å². The average Bonchev–Trinajstić information content (AvgIpc) is 2.20. The summed E-state index contributed by atoms with van der Waals surface area (Å²) < 4.78 is 4.74. The molecular formula is C11H15NO2. The van der Waals surface area contributed by atoms with Gasteiger partial charge in [0.1, 0.15) is 6.61 Å². The summed E-state index contributed by atoms with van der Waals surface area (Å²) in [4.78, 5) is 15.3. The first-order valence-corrected chi connectivity index (χ1v) is 4.73. The van der Waals surface area contributed by atoms with Crippen molar-refractivity contribution in [2.24, 2.45) is 0 Å². The molecule has 0 aliphatic rings. The highest BCUT2D eigenvalue weighted by Crippen LogP contribution is 2.01. The van der Waals surface area contributed by atoms with E-state index >= 15 is 0 Å². The van der Waals surface area contributed by atoms with Gasteiger partial charge >= 0.3 is 0 Å². The molecule has 0 N–H and O–H groups in total. The predicted molar refractivity (Wildman–Crippen MR) is 54.1 cm³/mol. The van der Waals surface area contributed by atoms with Crippen molar-refractivity contribution in [3.63, 3.8) is 0 Å². The van der Waals surface area contributed by atoms with Gasteiger partial charge in [-0.25, -0.2) is 0 Å². The Kier molecular flexibility index (Phi) is 4.86. The zero-order chi connectivity index (χ0) is 10.2. The van der Waals surface area contributed by atoms with Crippen molar-refractivity contribution in [3.05, 3.63) is 30.1 Å². The Hall–Kier alpha value is -1.22. The van der Waals surface area contributed by atoms with E-state index < -0.39 is 0 Å². The fourth-order valence-electron chi connectivity index (χ4n) is 1.25. The van der Waals surface area contributed by atoms with Gasteiger partial charge in [-0.1, -0.05) is 6.07 Å². The van der Waals surface area contributed by atoms with E-state index in [4.69, 9.17) is 4.74 Å². The van der Waals surface area contributed by atoms with Crippen molar-refractivity contribution >= 4 is 5.78 Å². The third-order valence-corrected chi connectivity index (χ3v) is 1.92. The number of pyridine rings is 1. The standard InChI is InChI=1S/C11H15NO2/c1-14-9-11(13)7-4-6-10-5-2-3-8-12-10/h2-3,5,8H,4,6-7,9H2,1H3. The van der Waals surface area contributed by atoms with Crippen LogP contribution < -0.4 is 0 Å². The molecule has 0 saturated heterocycles. The molecule has 0 radical (unpaired) electrons. The van der Waals surface area contributed by atoms with Gasteiger partial charge < -0.3 is 4.74 Å². The Morgan fingerprint density at radius 2 is 2.36 bits per heavy atom. The van der Waals surface area contributed by atoms with Crippen molar-refractivity contribution in [1.29, 1.82) is 0 Å². The monoisotopic (exact) mass is 193 g/mol. The van der Waals surface area contributed by atoms with Crippen LogP contribution in [0.15, 0.2) is 24.4 Å². The van der Waals surface area contributed by atoms with Crippen molar-refractivity contribution < 1.29 is 9.53 Å². The Bertz CT molecular complexity index is 272. The highest BCUT2D eigenvalue weighted by atomic mass is 16.5. The number of carbonyl (C=O) groups excluding carboxylic acids is 1. The second kappa shape index (κ2) is 6.27. The molecule has 76 valence electrons. The van der Waals surface area contributed by atoms with E-state index in [9.17, 15) is 4.79 Å². The molecule has 14 heavy (non-hydrogen) atoms. The first-order chi connectivity index (χ1) is 6.83. The average molecular weight is 193 g/mol. The minimum atomic E-state index is 0.156. The van der Waals surface area contributed by atoms with Gasteiger partial charge in [-0.2, -0.15) is 0 Å². The topological polar surface area (TPSA) is 39.2 Å². The molecular weight excluding hydrogens is 178 g/mol. The van der Waals surface area contributed by atoms with Gasteiger partial charge in [0.15, 0.2) is 5.78 Å². The second-order valence-electron chi connectivity index (χ2n) is 3.15. The highest BCUT2D eigenvalue weighted by Gasteiger charge is 2.01. The van der Waals surface area contributed by atoms with Gasteiger partial charge in [0.05, 0.1) is 0 Å². The molecule has 1 heterocycles. The summed E-state index contributed by atoms with van der Waals surface area (Å²) in [6, 6.07) is 5.82. The quantitative estimate of drug-likeness (QED) is 0.689. The lowest BCUT2D eigenvalue weighted by Gasteiger charge is -1.99. The van der Waals surface area contributed by atoms with Gasteiger partial charge in [-0.15, -0.1) is 0 Å². The molecule has 3 nitrogen and oxygen atoms in total. The van der Waals surface area contributed by atoms with Crippen LogP contribution in [-0.2, 0) is 16.0 Å². The van der Waals surface area contributed by atoms with E-state index in [-0.39, 0.29) is 12.4 Å². The largest absolute Gasteiger partial charge is 0.377 e. The molecule has 3 heteroatoms. The predicted octanol–water partition coefficient (Wildman–Crippen LogP) is 1.62. The molecule has 0 aliphatic carbocycles. The smallest absolute Gasteiger partial charge is 0.158 e. The number of ether oxygens (including phenoxy) is 1. The molecule has 1 aromatic rings. The number of nitrogens with zero attached hydrogens (tertiary/aromatic N) is 1. The maximum Gasteiger partial charge on any atom is 0.158 e. The Balaban J connectivity index is 2.19. The number of methoxy groups -OCH3 is 1. The summed E-state index contributed by atoms with van der Waals surface area (Å²) in [5, 5.41) is 0. The molecule has 0 saturated carbocycles. The third kappa shape index (κ3) is 4.14. The molecule has 0 unspecified atom stereocenters. The van der Waals surface area contributed by atoms with E-state index in [0.29, 0.717) is 6.42 Å². The van der Waals surface area contributed by atoms with Crippen LogP contribution in [0.5, 0.6) is 0 Å². The van der Waals surface area contributed by atoms with Gasteiger partial charge in [0, 0.05) is 25.4 Å². The van der Waals surface area contributed by atoms with Gasteiger partial charge in [0.25, 0.3) is 0 Å². The van der Waals surface area contributed by atoms with E-state index in [2.05, 4.69) is 4.98 Å². The number of Topliss-reactive ketones (excluding diaryl/α,β-unsaturated/α-hetero) is 1. The zero-order valence-electron chi connectivity index (χ0n) is 8.40. The molecule has 1 aromatic heterocycles. The molecule has 0 fully saturated rings. The summed E-state index contributed by atoms with van der Waals surface area (Å²) >= 11 is 0. The lowest BCUT2D eigenvalue weighted by atomic mass is 10.1. The molecule has 1 rings (SSSR count). The van der Waals surface area contributed by atoms with Crippen LogP contribution in [0.25, 0.3) is 0 Å². The van der Waals surface area contributed by atoms with Crippen LogP contribution in [0, 0.1) is 0 Å². The maximum atomic E-state index is 11.1. The summed E-state index contributed by atoms with van der Waals surface area (Å²) in [6.45, 7) is 0.224. The summed E-state index contributed by atoms with van der Waals surface area (Å²) in [5.74, 6) is 0.156. The number of carbonyl (C=O) groups is 1. The zero-order valence-corrected chi connectivity index (χ0v) is 8.40. The SMILES string of the molecule is COCC(=O)CCCc1ccccn1. The number of aromatic nitrogens is 1. The van der Waals surface area contributed by atoms with Gasteiger partial charge in [0.2, 0.25) is 0 Å². The van der Waals surface area contributed by atoms with E-state index in [1.807, 2.05) is 18.2 Å². The summed E-state index contributed by atoms with van der Waals surface area (Å²) in [7, 11) is 1.54. The lowest BCUT2D eigenvalue weighted by Crippen LogP contribution is -2.06. The van der Waals surface area contributed by atoms with Crippen molar-refractivity contribution in [2.75, 3.05) is 13.7 Å². The molecule has 0 atom stereocenters.